The van der Waals surface area contributed by atoms with E-state index in [4.69, 9.17) is 23.2 Å². The molecule has 0 bridgehead atoms. The Morgan fingerprint density at radius 1 is 1.10 bits per heavy atom. The standard InChI is InChI=1S/C15H12Cl2N2O/c16-9-14-18-13-8-4-2-6-11(13)15(19(14)20)10-5-1-3-7-12(10)17/h1-8,14,20H,9H2. The van der Waals surface area contributed by atoms with E-state index < -0.39 is 6.17 Å². The number of nitrogens with zero attached hydrogens (tertiary/aromatic N) is 2. The minimum atomic E-state index is -0.516. The van der Waals surface area contributed by atoms with E-state index in [1.165, 1.54) is 0 Å². The van der Waals surface area contributed by atoms with Crippen LogP contribution in [0.3, 0.4) is 0 Å². The van der Waals surface area contributed by atoms with Gasteiger partial charge in [-0.1, -0.05) is 48.0 Å². The summed E-state index contributed by atoms with van der Waals surface area (Å²) < 4.78 is 0. The molecule has 1 unspecified atom stereocenters. The van der Waals surface area contributed by atoms with Gasteiger partial charge in [-0.05, 0) is 12.1 Å². The van der Waals surface area contributed by atoms with Crippen molar-refractivity contribution in [3.05, 3.63) is 69.7 Å². The number of para-hydroxylation sites is 1. The van der Waals surface area contributed by atoms with Crippen molar-refractivity contribution in [1.82, 2.24) is 5.06 Å². The van der Waals surface area contributed by atoms with Crippen LogP contribution in [-0.2, 0) is 0 Å². The lowest BCUT2D eigenvalue weighted by Gasteiger charge is -2.29. The normalized spacial score (nSPS) is 17.6. The third-order valence-electron chi connectivity index (χ3n) is 3.23. The van der Waals surface area contributed by atoms with Crippen LogP contribution < -0.4 is 10.6 Å². The third-order valence-corrected chi connectivity index (χ3v) is 3.83. The minimum Gasteiger partial charge on any atom is -0.286 e. The van der Waals surface area contributed by atoms with Gasteiger partial charge in [-0.3, -0.25) is 10.2 Å². The lowest BCUT2D eigenvalue weighted by atomic mass is 10.1. The fraction of sp³-hybridized carbons (Fsp3) is 0.133. The molecule has 1 atom stereocenters. The molecule has 0 aromatic heterocycles. The number of fused-ring (bicyclic) bond motifs is 1. The predicted octanol–water partition coefficient (Wildman–Crippen LogP) is 2.39. The van der Waals surface area contributed by atoms with Crippen molar-refractivity contribution in [1.29, 1.82) is 0 Å². The molecular weight excluding hydrogens is 295 g/mol. The van der Waals surface area contributed by atoms with E-state index in [0.717, 1.165) is 21.2 Å². The molecular formula is C15H12Cl2N2O. The van der Waals surface area contributed by atoms with Gasteiger partial charge in [0, 0.05) is 15.8 Å². The maximum absolute atomic E-state index is 10.4. The van der Waals surface area contributed by atoms with Gasteiger partial charge < -0.3 is 0 Å². The van der Waals surface area contributed by atoms with E-state index in [-0.39, 0.29) is 5.88 Å². The Morgan fingerprint density at radius 3 is 2.55 bits per heavy atom. The zero-order valence-electron chi connectivity index (χ0n) is 10.5. The first-order valence-electron chi connectivity index (χ1n) is 6.18. The van der Waals surface area contributed by atoms with Crippen molar-refractivity contribution in [2.24, 2.45) is 4.99 Å². The van der Waals surface area contributed by atoms with Crippen molar-refractivity contribution in [3.63, 3.8) is 0 Å². The molecule has 102 valence electrons. The highest BCUT2D eigenvalue weighted by atomic mass is 35.5. The smallest absolute Gasteiger partial charge is 0.160 e. The molecule has 0 aliphatic carbocycles. The van der Waals surface area contributed by atoms with Crippen LogP contribution in [0.2, 0.25) is 5.02 Å². The van der Waals surface area contributed by atoms with E-state index in [9.17, 15) is 5.21 Å². The molecule has 20 heavy (non-hydrogen) atoms. The number of hydroxylamine groups is 2. The first-order chi connectivity index (χ1) is 9.72. The molecule has 2 aromatic carbocycles. The van der Waals surface area contributed by atoms with Crippen LogP contribution in [0.4, 0.5) is 0 Å². The summed E-state index contributed by atoms with van der Waals surface area (Å²) in [5, 5.41) is 13.7. The molecule has 0 amide bonds. The number of hydrogen-bond acceptors (Lipinski definition) is 3. The van der Waals surface area contributed by atoms with Gasteiger partial charge >= 0.3 is 0 Å². The summed E-state index contributed by atoms with van der Waals surface area (Å²) >= 11 is 12.2. The molecule has 0 radical (unpaired) electrons. The number of benzene rings is 2. The van der Waals surface area contributed by atoms with Gasteiger partial charge in [0.25, 0.3) is 0 Å². The number of halogens is 2. The van der Waals surface area contributed by atoms with E-state index in [1.54, 1.807) is 6.07 Å². The number of rotatable bonds is 2. The maximum atomic E-state index is 10.4. The molecule has 1 heterocycles. The van der Waals surface area contributed by atoms with Crippen LogP contribution in [0.25, 0.3) is 5.70 Å². The van der Waals surface area contributed by atoms with Gasteiger partial charge in [0.15, 0.2) is 6.17 Å². The summed E-state index contributed by atoms with van der Waals surface area (Å²) in [5.41, 5.74) is 1.39. The Kier molecular flexibility index (Phi) is 3.66. The van der Waals surface area contributed by atoms with Crippen LogP contribution in [-0.4, -0.2) is 22.3 Å². The summed E-state index contributed by atoms with van der Waals surface area (Å²) in [7, 11) is 0. The average Bonchev–Trinajstić information content (AvgIpc) is 2.48. The van der Waals surface area contributed by atoms with Crippen LogP contribution in [0.15, 0.2) is 53.5 Å². The van der Waals surface area contributed by atoms with Crippen LogP contribution >= 0.6 is 23.2 Å². The summed E-state index contributed by atoms with van der Waals surface area (Å²) in [6, 6.07) is 15.0. The first kappa shape index (κ1) is 13.4. The molecule has 0 fully saturated rings. The van der Waals surface area contributed by atoms with E-state index >= 15 is 0 Å². The monoisotopic (exact) mass is 306 g/mol. The molecule has 1 N–H and O–H groups in total. The molecule has 0 saturated carbocycles. The predicted molar refractivity (Wildman–Crippen MR) is 79.3 cm³/mol. The molecule has 0 saturated heterocycles. The van der Waals surface area contributed by atoms with Crippen molar-refractivity contribution in [2.75, 3.05) is 5.88 Å². The van der Waals surface area contributed by atoms with Gasteiger partial charge in [-0.25, -0.2) is 5.06 Å². The molecule has 1 aliphatic heterocycles. The topological polar surface area (TPSA) is 35.8 Å². The summed E-state index contributed by atoms with van der Waals surface area (Å²) in [5.74, 6) is 0.193. The summed E-state index contributed by atoms with van der Waals surface area (Å²) in [4.78, 5) is 4.43. The minimum absolute atomic E-state index is 0.193. The molecule has 0 spiro atoms. The number of alkyl halides is 1. The van der Waals surface area contributed by atoms with Crippen molar-refractivity contribution >= 4 is 28.9 Å². The summed E-state index contributed by atoms with van der Waals surface area (Å²) in [6.45, 7) is 0. The van der Waals surface area contributed by atoms with Crippen LogP contribution in [0.1, 0.15) is 5.56 Å². The first-order valence-corrected chi connectivity index (χ1v) is 7.10. The van der Waals surface area contributed by atoms with Crippen molar-refractivity contribution in [3.8, 4) is 0 Å². The highest BCUT2D eigenvalue weighted by Gasteiger charge is 2.24. The average molecular weight is 307 g/mol. The zero-order valence-corrected chi connectivity index (χ0v) is 12.0. The van der Waals surface area contributed by atoms with Gasteiger partial charge in [0.1, 0.15) is 0 Å². The summed E-state index contributed by atoms with van der Waals surface area (Å²) in [6.07, 6.45) is -0.516. The van der Waals surface area contributed by atoms with Crippen molar-refractivity contribution in [2.45, 2.75) is 6.17 Å². The Morgan fingerprint density at radius 2 is 1.80 bits per heavy atom. The Hall–Kier alpha value is -1.55. The second-order valence-corrected chi connectivity index (χ2v) is 5.17. The number of hydrogen-bond donors (Lipinski definition) is 1. The van der Waals surface area contributed by atoms with E-state index in [1.807, 2.05) is 42.5 Å². The fourth-order valence-electron chi connectivity index (χ4n) is 2.30. The maximum Gasteiger partial charge on any atom is 0.160 e. The van der Waals surface area contributed by atoms with Gasteiger partial charge in [-0.2, -0.15) is 0 Å². The van der Waals surface area contributed by atoms with Gasteiger partial charge in [0.05, 0.1) is 16.9 Å². The molecule has 1 aliphatic rings. The van der Waals surface area contributed by atoms with Gasteiger partial charge in [0.2, 0.25) is 0 Å². The lowest BCUT2D eigenvalue weighted by molar-refractivity contribution is -0.0601. The lowest BCUT2D eigenvalue weighted by Crippen LogP contribution is -2.45. The molecule has 5 heteroatoms. The van der Waals surface area contributed by atoms with Crippen LogP contribution in [0.5, 0.6) is 0 Å². The van der Waals surface area contributed by atoms with Crippen LogP contribution in [0, 0.1) is 0 Å². The fourth-order valence-corrected chi connectivity index (χ4v) is 2.72. The second-order valence-electron chi connectivity index (χ2n) is 4.45. The van der Waals surface area contributed by atoms with E-state index in [2.05, 4.69) is 4.99 Å². The Balaban J connectivity index is 2.37. The quantitative estimate of drug-likeness (QED) is 0.865. The highest BCUT2D eigenvalue weighted by Crippen LogP contribution is 2.26. The molecule has 3 nitrogen and oxygen atoms in total. The molecule has 2 aromatic rings. The Bertz CT molecular complexity index is 760. The largest absolute Gasteiger partial charge is 0.286 e. The van der Waals surface area contributed by atoms with Crippen molar-refractivity contribution < 1.29 is 5.21 Å². The second kappa shape index (κ2) is 5.44. The SMILES string of the molecule is ON1C(c2ccccc2Cl)=c2ccccc2=NC1CCl. The zero-order chi connectivity index (χ0) is 14.1. The Labute approximate surface area is 126 Å². The van der Waals surface area contributed by atoms with Gasteiger partial charge in [-0.15, -0.1) is 11.6 Å². The third kappa shape index (κ3) is 2.18. The van der Waals surface area contributed by atoms with E-state index in [0.29, 0.717) is 10.7 Å². The molecule has 3 rings (SSSR count). The highest BCUT2D eigenvalue weighted by molar-refractivity contribution is 6.32.